The molecule has 1 atom stereocenters. The first-order valence-electron chi connectivity index (χ1n) is 5.74. The molecular weight excluding hydrogens is 280 g/mol. The summed E-state index contributed by atoms with van der Waals surface area (Å²) in [5.74, 6) is 0. The van der Waals surface area contributed by atoms with Crippen LogP contribution in [-0.2, 0) is 0 Å². The third-order valence-corrected chi connectivity index (χ3v) is 4.42. The first-order valence-corrected chi connectivity index (χ1v) is 7.56. The lowest BCUT2D eigenvalue weighted by Gasteiger charge is -2.10. The van der Waals surface area contributed by atoms with Gasteiger partial charge in [-0.3, -0.25) is 9.20 Å². The van der Waals surface area contributed by atoms with Gasteiger partial charge >= 0.3 is 0 Å². The molecule has 5 nitrogen and oxygen atoms in total. The first kappa shape index (κ1) is 12.5. The quantitative estimate of drug-likeness (QED) is 0.786. The van der Waals surface area contributed by atoms with Gasteiger partial charge in [0.15, 0.2) is 4.96 Å². The Morgan fingerprint density at radius 3 is 2.84 bits per heavy atom. The van der Waals surface area contributed by atoms with Crippen molar-refractivity contribution in [1.82, 2.24) is 14.4 Å². The minimum absolute atomic E-state index is 0.0954. The molecule has 2 N–H and O–H groups in total. The first-order chi connectivity index (χ1) is 9.09. The Labute approximate surface area is 117 Å². The zero-order valence-electron chi connectivity index (χ0n) is 10.5. The van der Waals surface area contributed by atoms with E-state index in [1.807, 2.05) is 24.6 Å². The SMILES string of the molecule is Cc1csc2nc(C(C)N)c(-c3cscn3)c(=O)n12. The third-order valence-electron chi connectivity index (χ3n) is 2.89. The van der Waals surface area contributed by atoms with E-state index in [-0.39, 0.29) is 11.6 Å². The van der Waals surface area contributed by atoms with Crippen molar-refractivity contribution in [1.29, 1.82) is 0 Å². The second-order valence-electron chi connectivity index (χ2n) is 4.33. The van der Waals surface area contributed by atoms with Gasteiger partial charge in [-0.1, -0.05) is 0 Å². The molecule has 0 spiro atoms. The van der Waals surface area contributed by atoms with Crippen LogP contribution in [0, 0.1) is 6.92 Å². The number of aryl methyl sites for hydroxylation is 1. The van der Waals surface area contributed by atoms with Gasteiger partial charge in [-0.15, -0.1) is 22.7 Å². The molecule has 19 heavy (non-hydrogen) atoms. The molecule has 3 aromatic rings. The van der Waals surface area contributed by atoms with Crippen LogP contribution in [0.15, 0.2) is 21.1 Å². The number of thiazole rings is 2. The highest BCUT2D eigenvalue weighted by Gasteiger charge is 2.20. The molecule has 0 amide bonds. The van der Waals surface area contributed by atoms with Crippen molar-refractivity contribution in [2.75, 3.05) is 0 Å². The Bertz CT molecular complexity index is 786. The topological polar surface area (TPSA) is 73.3 Å². The van der Waals surface area contributed by atoms with Gasteiger partial charge in [-0.25, -0.2) is 9.97 Å². The monoisotopic (exact) mass is 292 g/mol. The van der Waals surface area contributed by atoms with Crippen LogP contribution in [0.25, 0.3) is 16.2 Å². The number of nitrogens with two attached hydrogens (primary N) is 1. The fourth-order valence-corrected chi connectivity index (χ4v) is 3.41. The van der Waals surface area contributed by atoms with Crippen LogP contribution in [0.3, 0.4) is 0 Å². The highest BCUT2D eigenvalue weighted by molar-refractivity contribution is 7.15. The molecule has 0 aromatic carbocycles. The molecule has 0 aliphatic heterocycles. The normalized spacial score (nSPS) is 13.0. The van der Waals surface area contributed by atoms with E-state index < -0.39 is 0 Å². The summed E-state index contributed by atoms with van der Waals surface area (Å²) >= 11 is 2.89. The Kier molecular flexibility index (Phi) is 2.96. The molecule has 0 aliphatic rings. The number of fused-ring (bicyclic) bond motifs is 1. The molecule has 0 aliphatic carbocycles. The Morgan fingerprint density at radius 1 is 1.42 bits per heavy atom. The van der Waals surface area contributed by atoms with E-state index in [2.05, 4.69) is 9.97 Å². The van der Waals surface area contributed by atoms with Crippen LogP contribution >= 0.6 is 22.7 Å². The summed E-state index contributed by atoms with van der Waals surface area (Å²) in [5, 5.41) is 3.76. The van der Waals surface area contributed by atoms with Gasteiger partial charge in [0.25, 0.3) is 5.56 Å². The van der Waals surface area contributed by atoms with Crippen molar-refractivity contribution in [3.63, 3.8) is 0 Å². The van der Waals surface area contributed by atoms with E-state index in [0.717, 1.165) is 5.69 Å². The number of nitrogens with zero attached hydrogens (tertiary/aromatic N) is 3. The van der Waals surface area contributed by atoms with E-state index in [9.17, 15) is 4.79 Å². The van der Waals surface area contributed by atoms with Crippen LogP contribution in [0.4, 0.5) is 0 Å². The molecular formula is C12H12N4OS2. The van der Waals surface area contributed by atoms with Crippen LogP contribution in [0.1, 0.15) is 24.4 Å². The van der Waals surface area contributed by atoms with Gasteiger partial charge < -0.3 is 5.73 Å². The minimum atomic E-state index is -0.309. The van der Waals surface area contributed by atoms with Crippen molar-refractivity contribution >= 4 is 27.6 Å². The molecule has 3 heterocycles. The number of hydrogen-bond acceptors (Lipinski definition) is 6. The minimum Gasteiger partial charge on any atom is -0.323 e. The largest absolute Gasteiger partial charge is 0.323 e. The molecule has 0 fully saturated rings. The molecule has 0 saturated carbocycles. The van der Waals surface area contributed by atoms with Gasteiger partial charge in [-0.05, 0) is 13.8 Å². The summed E-state index contributed by atoms with van der Waals surface area (Å²) in [4.78, 5) is 22.1. The fraction of sp³-hybridized carbons (Fsp3) is 0.250. The number of rotatable bonds is 2. The summed E-state index contributed by atoms with van der Waals surface area (Å²) in [6, 6.07) is -0.309. The predicted molar refractivity (Wildman–Crippen MR) is 77.8 cm³/mol. The lowest BCUT2D eigenvalue weighted by molar-refractivity contribution is 0.777. The van der Waals surface area contributed by atoms with Crippen molar-refractivity contribution in [3.8, 4) is 11.3 Å². The van der Waals surface area contributed by atoms with Crippen LogP contribution < -0.4 is 11.3 Å². The Hall–Kier alpha value is -1.57. The van der Waals surface area contributed by atoms with Gasteiger partial charge in [0.2, 0.25) is 0 Å². The fourth-order valence-electron chi connectivity index (χ4n) is 2.00. The van der Waals surface area contributed by atoms with Crippen LogP contribution in [0.5, 0.6) is 0 Å². The lowest BCUT2D eigenvalue weighted by atomic mass is 10.1. The molecule has 3 rings (SSSR count). The molecule has 0 radical (unpaired) electrons. The number of aromatic nitrogens is 3. The average molecular weight is 292 g/mol. The van der Waals surface area contributed by atoms with Crippen molar-refractivity contribution < 1.29 is 0 Å². The Morgan fingerprint density at radius 2 is 2.21 bits per heavy atom. The zero-order chi connectivity index (χ0) is 13.6. The third kappa shape index (κ3) is 1.90. The Balaban J connectivity index is 2.46. The maximum Gasteiger partial charge on any atom is 0.268 e. The van der Waals surface area contributed by atoms with Crippen LogP contribution in [0.2, 0.25) is 0 Å². The summed E-state index contributed by atoms with van der Waals surface area (Å²) in [7, 11) is 0. The zero-order valence-corrected chi connectivity index (χ0v) is 12.1. The molecule has 7 heteroatoms. The maximum absolute atomic E-state index is 12.7. The molecule has 0 bridgehead atoms. The van der Waals surface area contributed by atoms with E-state index in [4.69, 9.17) is 5.73 Å². The number of hydrogen-bond donors (Lipinski definition) is 1. The van der Waals surface area contributed by atoms with Crippen molar-refractivity contribution in [2.45, 2.75) is 19.9 Å². The second-order valence-corrected chi connectivity index (χ2v) is 5.89. The summed E-state index contributed by atoms with van der Waals surface area (Å²) in [6.07, 6.45) is 0. The van der Waals surface area contributed by atoms with Gasteiger partial charge in [0.05, 0.1) is 22.5 Å². The maximum atomic E-state index is 12.7. The second kappa shape index (κ2) is 4.52. The van der Waals surface area contributed by atoms with Gasteiger partial charge in [0, 0.05) is 22.5 Å². The smallest absolute Gasteiger partial charge is 0.268 e. The molecule has 98 valence electrons. The van der Waals surface area contributed by atoms with Crippen molar-refractivity contribution in [3.05, 3.63) is 38.0 Å². The van der Waals surface area contributed by atoms with E-state index in [1.54, 1.807) is 9.91 Å². The van der Waals surface area contributed by atoms with E-state index >= 15 is 0 Å². The van der Waals surface area contributed by atoms with E-state index in [1.165, 1.54) is 22.7 Å². The van der Waals surface area contributed by atoms with Gasteiger partial charge in [0.1, 0.15) is 0 Å². The summed E-state index contributed by atoms with van der Waals surface area (Å²) in [5.41, 5.74) is 10.2. The molecule has 0 saturated heterocycles. The van der Waals surface area contributed by atoms with E-state index in [0.29, 0.717) is 21.9 Å². The lowest BCUT2D eigenvalue weighted by Crippen LogP contribution is -2.22. The summed E-state index contributed by atoms with van der Waals surface area (Å²) in [6.45, 7) is 3.72. The average Bonchev–Trinajstić information content (AvgIpc) is 2.99. The van der Waals surface area contributed by atoms with Crippen molar-refractivity contribution in [2.24, 2.45) is 5.73 Å². The highest BCUT2D eigenvalue weighted by atomic mass is 32.1. The predicted octanol–water partition coefficient (Wildman–Crippen LogP) is 2.21. The molecule has 3 aromatic heterocycles. The van der Waals surface area contributed by atoms with Gasteiger partial charge in [-0.2, -0.15) is 0 Å². The molecule has 1 unspecified atom stereocenters. The summed E-state index contributed by atoms with van der Waals surface area (Å²) < 4.78 is 1.62. The highest BCUT2D eigenvalue weighted by Crippen LogP contribution is 2.24. The standard InChI is InChI=1S/C12H12N4OS2/c1-6-3-19-12-15-10(7(2)13)9(11(17)16(6)12)8-4-18-5-14-8/h3-5,7H,13H2,1-2H3. The van der Waals surface area contributed by atoms with Crippen LogP contribution in [-0.4, -0.2) is 14.4 Å².